The second kappa shape index (κ2) is 6.09. The van der Waals surface area contributed by atoms with Crippen LogP contribution in [0.1, 0.15) is 57.4 Å². The van der Waals surface area contributed by atoms with Crippen LogP contribution in [0.4, 0.5) is 0 Å². The lowest BCUT2D eigenvalue weighted by molar-refractivity contribution is -0.152. The molecule has 4 fully saturated rings. The molecule has 1 aromatic rings. The summed E-state index contributed by atoms with van der Waals surface area (Å²) in [6, 6.07) is 8.21. The zero-order valence-corrected chi connectivity index (χ0v) is 15.0. The van der Waals surface area contributed by atoms with Gasteiger partial charge in [-0.15, -0.1) is 0 Å². The van der Waals surface area contributed by atoms with Crippen molar-refractivity contribution >= 4 is 5.91 Å². The molecule has 0 heterocycles. The van der Waals surface area contributed by atoms with Gasteiger partial charge in [0.2, 0.25) is 5.91 Å². The highest BCUT2D eigenvalue weighted by Crippen LogP contribution is 2.58. The summed E-state index contributed by atoms with van der Waals surface area (Å²) in [6.45, 7) is 2.73. The highest BCUT2D eigenvalue weighted by Gasteiger charge is 2.54. The maximum absolute atomic E-state index is 12.9. The summed E-state index contributed by atoms with van der Waals surface area (Å²) >= 11 is 0. The summed E-state index contributed by atoms with van der Waals surface area (Å²) in [7, 11) is 1.70. The average Bonchev–Trinajstić information content (AvgIpc) is 2.58. The molecular weight excluding hydrogens is 298 g/mol. The van der Waals surface area contributed by atoms with Crippen LogP contribution < -0.4 is 4.74 Å². The Morgan fingerprint density at radius 2 is 1.79 bits per heavy atom. The molecule has 0 unspecified atom stereocenters. The number of amides is 1. The van der Waals surface area contributed by atoms with E-state index in [0.29, 0.717) is 12.3 Å². The molecule has 0 aliphatic heterocycles. The van der Waals surface area contributed by atoms with E-state index in [1.165, 1.54) is 44.1 Å². The van der Waals surface area contributed by atoms with Gasteiger partial charge in [-0.25, -0.2) is 0 Å². The Kier molecular flexibility index (Phi) is 4.06. The third kappa shape index (κ3) is 2.72. The highest BCUT2D eigenvalue weighted by atomic mass is 16.5. The number of hydrogen-bond donors (Lipinski definition) is 0. The first-order valence-corrected chi connectivity index (χ1v) is 9.55. The summed E-state index contributed by atoms with van der Waals surface area (Å²) in [5.41, 5.74) is 1.32. The fraction of sp³-hybridized carbons (Fsp3) is 0.667. The van der Waals surface area contributed by atoms with Gasteiger partial charge < -0.3 is 9.64 Å². The van der Waals surface area contributed by atoms with Crippen LogP contribution in [0.25, 0.3) is 0 Å². The molecule has 3 heteroatoms. The minimum absolute atomic E-state index is 0.130. The molecule has 3 nitrogen and oxygen atoms in total. The molecule has 4 bridgehead atoms. The van der Waals surface area contributed by atoms with Crippen molar-refractivity contribution in [3.05, 3.63) is 29.8 Å². The van der Waals surface area contributed by atoms with Gasteiger partial charge in [0, 0.05) is 18.5 Å². The van der Waals surface area contributed by atoms with Crippen LogP contribution in [0.15, 0.2) is 24.3 Å². The number of methoxy groups -OCH3 is 1. The molecule has 0 spiro atoms. The van der Waals surface area contributed by atoms with Crippen molar-refractivity contribution in [2.75, 3.05) is 7.11 Å². The normalized spacial score (nSPS) is 33.5. The van der Waals surface area contributed by atoms with Gasteiger partial charge in [-0.05, 0) is 74.0 Å². The monoisotopic (exact) mass is 327 g/mol. The Balaban J connectivity index is 1.63. The smallest absolute Gasteiger partial charge is 0.223 e. The fourth-order valence-electron chi connectivity index (χ4n) is 6.06. The second-order valence-corrected chi connectivity index (χ2v) is 8.33. The Bertz CT molecular complexity index is 589. The Morgan fingerprint density at radius 1 is 1.17 bits per heavy atom. The van der Waals surface area contributed by atoms with E-state index in [0.717, 1.165) is 30.0 Å². The quantitative estimate of drug-likeness (QED) is 0.802. The molecule has 4 aliphatic carbocycles. The van der Waals surface area contributed by atoms with E-state index < -0.39 is 0 Å². The Morgan fingerprint density at radius 3 is 2.33 bits per heavy atom. The van der Waals surface area contributed by atoms with Crippen LogP contribution in [0.3, 0.4) is 0 Å². The second-order valence-electron chi connectivity index (χ2n) is 8.33. The molecule has 0 radical (unpaired) electrons. The summed E-state index contributed by atoms with van der Waals surface area (Å²) < 4.78 is 5.37. The van der Waals surface area contributed by atoms with E-state index in [-0.39, 0.29) is 5.54 Å². The van der Waals surface area contributed by atoms with Gasteiger partial charge in [-0.3, -0.25) is 4.79 Å². The third-order valence-corrected chi connectivity index (χ3v) is 6.66. The van der Waals surface area contributed by atoms with Crippen molar-refractivity contribution in [1.29, 1.82) is 0 Å². The first kappa shape index (κ1) is 16.0. The van der Waals surface area contributed by atoms with Gasteiger partial charge in [-0.1, -0.05) is 19.1 Å². The molecule has 24 heavy (non-hydrogen) atoms. The fourth-order valence-corrected chi connectivity index (χ4v) is 6.06. The van der Waals surface area contributed by atoms with E-state index in [1.54, 1.807) is 7.11 Å². The van der Waals surface area contributed by atoms with Gasteiger partial charge in [0.15, 0.2) is 0 Å². The largest absolute Gasteiger partial charge is 0.497 e. The molecule has 4 saturated carbocycles. The first-order chi connectivity index (χ1) is 11.6. The van der Waals surface area contributed by atoms with E-state index in [2.05, 4.69) is 17.0 Å². The number of benzene rings is 1. The molecular formula is C21H29NO2. The van der Waals surface area contributed by atoms with Gasteiger partial charge in [0.05, 0.1) is 7.11 Å². The molecule has 130 valence electrons. The Labute approximate surface area is 145 Å². The third-order valence-electron chi connectivity index (χ3n) is 6.66. The average molecular weight is 327 g/mol. The minimum Gasteiger partial charge on any atom is -0.497 e. The molecule has 0 saturated heterocycles. The van der Waals surface area contributed by atoms with Crippen molar-refractivity contribution < 1.29 is 9.53 Å². The molecule has 1 amide bonds. The van der Waals surface area contributed by atoms with Crippen LogP contribution in [0.5, 0.6) is 5.75 Å². The molecule has 0 atom stereocenters. The number of hydrogen-bond acceptors (Lipinski definition) is 2. The van der Waals surface area contributed by atoms with E-state index >= 15 is 0 Å². The molecule has 5 rings (SSSR count). The minimum atomic E-state index is 0.130. The standard InChI is InChI=1S/C21H29NO2/c1-3-20(23)22(14-15-5-4-6-19(10-15)24-2)21-11-16-7-17(12-21)9-18(8-16)13-21/h4-6,10,16-18H,3,7-9,11-14H2,1-2H3. The Hall–Kier alpha value is -1.51. The predicted molar refractivity (Wildman–Crippen MR) is 94.7 cm³/mol. The molecule has 0 N–H and O–H groups in total. The van der Waals surface area contributed by atoms with Gasteiger partial charge in [-0.2, -0.15) is 0 Å². The predicted octanol–water partition coefficient (Wildman–Crippen LogP) is 4.40. The lowest BCUT2D eigenvalue weighted by Gasteiger charge is -2.60. The van der Waals surface area contributed by atoms with Crippen molar-refractivity contribution in [2.45, 2.75) is 64.0 Å². The summed E-state index contributed by atoms with van der Waals surface area (Å²) in [5, 5.41) is 0. The van der Waals surface area contributed by atoms with Gasteiger partial charge >= 0.3 is 0 Å². The van der Waals surface area contributed by atoms with Crippen LogP contribution in [0.2, 0.25) is 0 Å². The van der Waals surface area contributed by atoms with Crippen LogP contribution in [0, 0.1) is 17.8 Å². The maximum Gasteiger partial charge on any atom is 0.223 e. The zero-order valence-electron chi connectivity index (χ0n) is 15.0. The van der Waals surface area contributed by atoms with Gasteiger partial charge in [0.25, 0.3) is 0 Å². The van der Waals surface area contributed by atoms with Crippen molar-refractivity contribution in [2.24, 2.45) is 17.8 Å². The molecule has 1 aromatic carbocycles. The lowest BCUT2D eigenvalue weighted by atomic mass is 9.52. The number of nitrogens with zero attached hydrogens (tertiary/aromatic N) is 1. The van der Waals surface area contributed by atoms with E-state index in [9.17, 15) is 4.79 Å². The highest BCUT2D eigenvalue weighted by molar-refractivity contribution is 5.77. The van der Waals surface area contributed by atoms with Gasteiger partial charge in [0.1, 0.15) is 5.75 Å². The molecule has 0 aromatic heterocycles. The lowest BCUT2D eigenvalue weighted by Crippen LogP contribution is -2.61. The number of carbonyl (C=O) groups excluding carboxylic acids is 1. The van der Waals surface area contributed by atoms with Crippen LogP contribution in [-0.4, -0.2) is 23.5 Å². The molecule has 4 aliphatic rings. The summed E-state index contributed by atoms with van der Waals surface area (Å²) in [4.78, 5) is 15.1. The van der Waals surface area contributed by atoms with Crippen molar-refractivity contribution in [3.63, 3.8) is 0 Å². The number of rotatable bonds is 5. The topological polar surface area (TPSA) is 29.5 Å². The van der Waals surface area contributed by atoms with Crippen LogP contribution in [-0.2, 0) is 11.3 Å². The van der Waals surface area contributed by atoms with Crippen LogP contribution >= 0.6 is 0 Å². The first-order valence-electron chi connectivity index (χ1n) is 9.55. The number of ether oxygens (including phenoxy) is 1. The maximum atomic E-state index is 12.9. The van der Waals surface area contributed by atoms with Crippen molar-refractivity contribution in [1.82, 2.24) is 4.90 Å². The summed E-state index contributed by atoms with van der Waals surface area (Å²) in [5.74, 6) is 3.76. The van der Waals surface area contributed by atoms with E-state index in [4.69, 9.17) is 4.74 Å². The van der Waals surface area contributed by atoms with E-state index in [1.807, 2.05) is 19.1 Å². The SMILES string of the molecule is CCC(=O)N(Cc1cccc(OC)c1)C12CC3CC(CC(C3)C1)C2. The zero-order chi connectivity index (χ0) is 16.7. The summed E-state index contributed by atoms with van der Waals surface area (Å²) in [6.07, 6.45) is 8.52. The van der Waals surface area contributed by atoms with Crippen molar-refractivity contribution in [3.8, 4) is 5.75 Å². The number of carbonyl (C=O) groups is 1.